The van der Waals surface area contributed by atoms with Crippen molar-refractivity contribution in [3.8, 4) is 22.6 Å². The quantitative estimate of drug-likeness (QED) is 0.290. The highest BCUT2D eigenvalue weighted by Gasteiger charge is 2.18. The summed E-state index contributed by atoms with van der Waals surface area (Å²) in [5.41, 5.74) is 4.33. The zero-order chi connectivity index (χ0) is 26.0. The molecule has 0 fully saturated rings. The molecule has 37 heavy (non-hydrogen) atoms. The van der Waals surface area contributed by atoms with E-state index in [1.54, 1.807) is 85.7 Å². The lowest BCUT2D eigenvalue weighted by molar-refractivity contribution is 0.397. The molecule has 5 aromatic rings. The van der Waals surface area contributed by atoms with Gasteiger partial charge in [-0.15, -0.1) is 0 Å². The van der Waals surface area contributed by atoms with E-state index in [9.17, 15) is 8.42 Å². The number of aryl methyl sites for hydroxylation is 1. The fourth-order valence-electron chi connectivity index (χ4n) is 3.93. The topological polar surface area (TPSA) is 107 Å². The van der Waals surface area contributed by atoms with Crippen molar-refractivity contribution < 1.29 is 17.9 Å². The van der Waals surface area contributed by atoms with Crippen LogP contribution < -0.4 is 19.5 Å². The molecule has 0 bridgehead atoms. The molecular weight excluding hydrogens is 490 g/mol. The van der Waals surface area contributed by atoms with Crippen LogP contribution in [0.15, 0.2) is 90.1 Å². The molecule has 0 saturated carbocycles. The predicted molar refractivity (Wildman–Crippen MR) is 143 cm³/mol. The Labute approximate surface area is 214 Å². The maximum absolute atomic E-state index is 12.7. The van der Waals surface area contributed by atoms with E-state index in [-0.39, 0.29) is 4.90 Å². The Kier molecular flexibility index (Phi) is 6.41. The Morgan fingerprint density at radius 1 is 0.838 bits per heavy atom. The molecule has 3 aromatic carbocycles. The predicted octanol–water partition coefficient (Wildman–Crippen LogP) is 5.27. The van der Waals surface area contributed by atoms with Crippen LogP contribution in [0, 0.1) is 6.92 Å². The molecule has 0 radical (unpaired) electrons. The number of hydrogen-bond donors (Lipinski definition) is 2. The number of nitrogens with zero attached hydrogens (tertiary/aromatic N) is 3. The van der Waals surface area contributed by atoms with Gasteiger partial charge in [0.15, 0.2) is 5.65 Å². The fraction of sp³-hybridized carbons (Fsp3) is 0.111. The van der Waals surface area contributed by atoms with Crippen LogP contribution in [0.25, 0.3) is 16.8 Å². The molecule has 0 aliphatic heterocycles. The first kappa shape index (κ1) is 24.1. The number of anilines is 3. The van der Waals surface area contributed by atoms with Gasteiger partial charge >= 0.3 is 0 Å². The van der Waals surface area contributed by atoms with Crippen LogP contribution in [0.3, 0.4) is 0 Å². The van der Waals surface area contributed by atoms with Gasteiger partial charge in [0.2, 0.25) is 0 Å². The fourth-order valence-corrected chi connectivity index (χ4v) is 4.99. The molecule has 10 heteroatoms. The van der Waals surface area contributed by atoms with Gasteiger partial charge in [-0.05, 0) is 61.5 Å². The minimum atomic E-state index is -3.68. The number of hydrogen-bond acceptors (Lipinski definition) is 7. The molecule has 0 amide bonds. The second-order valence-corrected chi connectivity index (χ2v) is 9.98. The third kappa shape index (κ3) is 4.91. The molecule has 0 saturated heterocycles. The number of fused-ring (bicyclic) bond motifs is 1. The van der Waals surface area contributed by atoms with Crippen LogP contribution in [-0.2, 0) is 10.0 Å². The Morgan fingerprint density at radius 2 is 1.49 bits per heavy atom. The third-order valence-electron chi connectivity index (χ3n) is 5.81. The van der Waals surface area contributed by atoms with Crippen LogP contribution in [0.2, 0.25) is 0 Å². The summed E-state index contributed by atoms with van der Waals surface area (Å²) in [4.78, 5) is 4.96. The number of benzene rings is 3. The Balaban J connectivity index is 1.39. The van der Waals surface area contributed by atoms with Crippen molar-refractivity contribution in [1.82, 2.24) is 14.6 Å². The van der Waals surface area contributed by atoms with Crippen LogP contribution >= 0.6 is 0 Å². The summed E-state index contributed by atoms with van der Waals surface area (Å²) >= 11 is 0. The maximum atomic E-state index is 12.7. The number of methoxy groups -OCH3 is 2. The average Bonchev–Trinajstić information content (AvgIpc) is 3.32. The molecule has 2 heterocycles. The number of ether oxygens (including phenoxy) is 2. The number of rotatable bonds is 8. The van der Waals surface area contributed by atoms with E-state index in [2.05, 4.69) is 15.1 Å². The average molecular weight is 516 g/mol. The van der Waals surface area contributed by atoms with Gasteiger partial charge in [0, 0.05) is 17.6 Å². The summed E-state index contributed by atoms with van der Waals surface area (Å²) < 4.78 is 40.7. The van der Waals surface area contributed by atoms with Gasteiger partial charge in [-0.3, -0.25) is 4.72 Å². The van der Waals surface area contributed by atoms with E-state index < -0.39 is 10.0 Å². The van der Waals surface area contributed by atoms with Crippen molar-refractivity contribution in [3.63, 3.8) is 0 Å². The Morgan fingerprint density at radius 3 is 2.14 bits per heavy atom. The smallest absolute Gasteiger partial charge is 0.261 e. The van der Waals surface area contributed by atoms with E-state index in [1.807, 2.05) is 25.1 Å². The highest BCUT2D eigenvalue weighted by atomic mass is 32.2. The summed E-state index contributed by atoms with van der Waals surface area (Å²) in [5, 5.41) is 7.68. The lowest BCUT2D eigenvalue weighted by Gasteiger charge is -2.12. The molecule has 0 aliphatic carbocycles. The minimum absolute atomic E-state index is 0.209. The Bertz CT molecular complexity index is 1640. The molecule has 9 nitrogen and oxygen atoms in total. The van der Waals surface area contributed by atoms with Gasteiger partial charge in [-0.1, -0.05) is 23.8 Å². The van der Waals surface area contributed by atoms with Crippen LogP contribution in [0.5, 0.6) is 11.5 Å². The van der Waals surface area contributed by atoms with Gasteiger partial charge < -0.3 is 14.8 Å². The molecule has 0 unspecified atom stereocenters. The van der Waals surface area contributed by atoms with E-state index in [0.717, 1.165) is 22.4 Å². The standard InChI is InChI=1S/C27H25N5O4S/c1-18-7-13-21(14-8-18)37(33,34)31-20-11-9-19(10-12-20)29-25-15-16-32-27(30-25)22(17-28-32)26-23(35-2)5-4-6-24(26)36-3/h4-17,31H,1-3H3,(H,29,30). The first-order valence-corrected chi connectivity index (χ1v) is 12.9. The van der Waals surface area contributed by atoms with E-state index >= 15 is 0 Å². The zero-order valence-electron chi connectivity index (χ0n) is 20.5. The second kappa shape index (κ2) is 9.82. The largest absolute Gasteiger partial charge is 0.496 e. The number of nitrogens with one attached hydrogen (secondary N) is 2. The van der Waals surface area contributed by atoms with Gasteiger partial charge in [-0.2, -0.15) is 5.10 Å². The van der Waals surface area contributed by atoms with Crippen LogP contribution in [0.4, 0.5) is 17.2 Å². The lowest BCUT2D eigenvalue weighted by Crippen LogP contribution is -2.12. The van der Waals surface area contributed by atoms with E-state index in [4.69, 9.17) is 14.5 Å². The maximum Gasteiger partial charge on any atom is 0.261 e. The van der Waals surface area contributed by atoms with Crippen LogP contribution in [-0.4, -0.2) is 37.2 Å². The molecule has 5 rings (SSSR count). The normalized spacial score (nSPS) is 11.3. The van der Waals surface area contributed by atoms with E-state index in [1.165, 1.54) is 0 Å². The first-order valence-electron chi connectivity index (χ1n) is 11.4. The molecule has 0 aliphatic rings. The molecule has 0 spiro atoms. The molecule has 2 aromatic heterocycles. The van der Waals surface area contributed by atoms with Crippen molar-refractivity contribution in [2.75, 3.05) is 24.3 Å². The van der Waals surface area contributed by atoms with Gasteiger partial charge in [0.05, 0.1) is 36.4 Å². The summed E-state index contributed by atoms with van der Waals surface area (Å²) in [6.45, 7) is 1.91. The van der Waals surface area contributed by atoms with Gasteiger partial charge in [0.25, 0.3) is 10.0 Å². The summed E-state index contributed by atoms with van der Waals surface area (Å²) in [7, 11) is -0.463. The molecule has 2 N–H and O–H groups in total. The molecular formula is C27H25N5O4S. The Hall–Kier alpha value is -4.57. The SMILES string of the molecule is COc1cccc(OC)c1-c1cnn2ccc(Nc3ccc(NS(=O)(=O)c4ccc(C)cc4)cc3)nc12. The van der Waals surface area contributed by atoms with Gasteiger partial charge in [0.1, 0.15) is 17.3 Å². The highest BCUT2D eigenvalue weighted by molar-refractivity contribution is 7.92. The van der Waals surface area contributed by atoms with E-state index in [0.29, 0.717) is 28.7 Å². The van der Waals surface area contributed by atoms with Crippen molar-refractivity contribution in [2.24, 2.45) is 0 Å². The van der Waals surface area contributed by atoms with Crippen molar-refractivity contribution >= 4 is 32.9 Å². The van der Waals surface area contributed by atoms with Crippen molar-refractivity contribution in [3.05, 3.63) is 90.8 Å². The first-order chi connectivity index (χ1) is 17.9. The van der Waals surface area contributed by atoms with Crippen LogP contribution in [0.1, 0.15) is 5.56 Å². The summed E-state index contributed by atoms with van der Waals surface area (Å²) in [6.07, 6.45) is 3.53. The number of aromatic nitrogens is 3. The molecule has 188 valence electrons. The monoisotopic (exact) mass is 515 g/mol. The lowest BCUT2D eigenvalue weighted by atomic mass is 10.1. The minimum Gasteiger partial charge on any atom is -0.496 e. The summed E-state index contributed by atoms with van der Waals surface area (Å²) in [6, 6.07) is 21.0. The van der Waals surface area contributed by atoms with Crippen molar-refractivity contribution in [1.29, 1.82) is 0 Å². The highest BCUT2D eigenvalue weighted by Crippen LogP contribution is 2.40. The zero-order valence-corrected chi connectivity index (χ0v) is 21.3. The molecule has 0 atom stereocenters. The number of sulfonamides is 1. The third-order valence-corrected chi connectivity index (χ3v) is 7.20. The van der Waals surface area contributed by atoms with Gasteiger partial charge in [-0.25, -0.2) is 17.9 Å². The summed E-state index contributed by atoms with van der Waals surface area (Å²) in [5.74, 6) is 1.90. The second-order valence-electron chi connectivity index (χ2n) is 8.30. The van der Waals surface area contributed by atoms with Crippen molar-refractivity contribution in [2.45, 2.75) is 11.8 Å².